The molecule has 2 aromatic carbocycles. The van der Waals surface area contributed by atoms with E-state index in [1.807, 2.05) is 24.3 Å². The van der Waals surface area contributed by atoms with Gasteiger partial charge in [-0.3, -0.25) is 4.79 Å². The minimum absolute atomic E-state index is 0.500. The van der Waals surface area contributed by atoms with E-state index in [1.165, 1.54) is 0 Å². The molecule has 1 aromatic heterocycles. The first-order valence-corrected chi connectivity index (χ1v) is 7.41. The molecule has 0 aliphatic heterocycles. The molecule has 22 heavy (non-hydrogen) atoms. The van der Waals surface area contributed by atoms with Crippen molar-refractivity contribution in [3.8, 4) is 11.5 Å². The second-order valence-electron chi connectivity index (χ2n) is 4.52. The van der Waals surface area contributed by atoms with Crippen molar-refractivity contribution in [2.45, 2.75) is 3.79 Å². The smallest absolute Gasteiger partial charge is 0.276 e. The molecule has 0 saturated heterocycles. The number of benzene rings is 2. The number of anilines is 1. The van der Waals surface area contributed by atoms with Gasteiger partial charge in [0.25, 0.3) is 9.70 Å². The fourth-order valence-corrected chi connectivity index (χ4v) is 2.04. The molecule has 0 atom stereocenters. The third kappa shape index (κ3) is 3.19. The lowest BCUT2D eigenvalue weighted by molar-refractivity contribution is -0.115. The average molecular weight is 356 g/mol. The Morgan fingerprint density at radius 1 is 1.05 bits per heavy atom. The average Bonchev–Trinajstić information content (AvgIpc) is 2.91. The molecule has 0 spiro atoms. The molecule has 0 fully saturated rings. The lowest BCUT2D eigenvalue weighted by Crippen LogP contribution is -2.26. The van der Waals surface area contributed by atoms with E-state index in [9.17, 15) is 4.79 Å². The number of carbonyl (C=O) groups is 1. The summed E-state index contributed by atoms with van der Waals surface area (Å²) in [6.45, 7) is 0. The summed E-state index contributed by atoms with van der Waals surface area (Å²) in [6.07, 6.45) is 0. The Morgan fingerprint density at radius 2 is 1.73 bits per heavy atom. The van der Waals surface area contributed by atoms with Gasteiger partial charge < -0.3 is 9.73 Å². The van der Waals surface area contributed by atoms with Crippen LogP contribution in [0.3, 0.4) is 0 Å². The Morgan fingerprint density at radius 3 is 2.36 bits per heavy atom. The molecule has 0 aliphatic carbocycles. The Bertz CT molecular complexity index is 790. The number of amides is 1. The van der Waals surface area contributed by atoms with Crippen LogP contribution in [0.2, 0.25) is 0 Å². The Labute approximate surface area is 141 Å². The minimum atomic E-state index is -2.00. The molecule has 1 heterocycles. The normalized spacial score (nSPS) is 11.6. The van der Waals surface area contributed by atoms with E-state index in [-0.39, 0.29) is 0 Å². The number of halogens is 3. The standard InChI is InChI=1S/C15H9Cl3N2O2/c16-15(17,18)14(21)19-10-7-5-9(6-8-10)13-20-11-3-1-2-4-12(11)22-13/h1-8H,(H,19,21). The highest BCUT2D eigenvalue weighted by atomic mass is 35.6. The van der Waals surface area contributed by atoms with Gasteiger partial charge in [-0.2, -0.15) is 0 Å². The molecule has 0 saturated carbocycles. The van der Waals surface area contributed by atoms with Crippen molar-refractivity contribution in [1.29, 1.82) is 0 Å². The van der Waals surface area contributed by atoms with Crippen molar-refractivity contribution in [2.75, 3.05) is 5.32 Å². The summed E-state index contributed by atoms with van der Waals surface area (Å²) in [5.74, 6) is -0.215. The zero-order valence-corrected chi connectivity index (χ0v) is 13.3. The quantitative estimate of drug-likeness (QED) is 0.672. The first-order chi connectivity index (χ1) is 10.4. The molecular weight excluding hydrogens is 347 g/mol. The molecule has 0 aliphatic rings. The Kier molecular flexibility index (Phi) is 4.00. The summed E-state index contributed by atoms with van der Waals surface area (Å²) >= 11 is 16.5. The summed E-state index contributed by atoms with van der Waals surface area (Å²) in [5.41, 5.74) is 2.79. The Balaban J connectivity index is 1.83. The molecule has 3 aromatic rings. The SMILES string of the molecule is O=C(Nc1ccc(-c2nc3ccccc3o2)cc1)C(Cl)(Cl)Cl. The van der Waals surface area contributed by atoms with E-state index >= 15 is 0 Å². The van der Waals surface area contributed by atoms with E-state index in [1.54, 1.807) is 24.3 Å². The van der Waals surface area contributed by atoms with E-state index in [0.717, 1.165) is 11.1 Å². The second-order valence-corrected chi connectivity index (χ2v) is 6.80. The highest BCUT2D eigenvalue weighted by Gasteiger charge is 2.30. The predicted octanol–water partition coefficient (Wildman–Crippen LogP) is 4.80. The lowest BCUT2D eigenvalue weighted by Gasteiger charge is -2.11. The molecular formula is C15H9Cl3N2O2. The van der Waals surface area contributed by atoms with Crippen LogP contribution in [0.15, 0.2) is 52.9 Å². The van der Waals surface area contributed by atoms with Gasteiger partial charge in [0.1, 0.15) is 5.52 Å². The van der Waals surface area contributed by atoms with Crippen molar-refractivity contribution < 1.29 is 9.21 Å². The van der Waals surface area contributed by atoms with Crippen molar-refractivity contribution in [1.82, 2.24) is 4.98 Å². The van der Waals surface area contributed by atoms with Crippen LogP contribution in [0, 0.1) is 0 Å². The molecule has 1 amide bonds. The summed E-state index contributed by atoms with van der Waals surface area (Å²) in [5, 5.41) is 2.50. The van der Waals surface area contributed by atoms with Crippen LogP contribution in [0.25, 0.3) is 22.6 Å². The maximum atomic E-state index is 11.6. The number of nitrogens with zero attached hydrogens (tertiary/aromatic N) is 1. The molecule has 7 heteroatoms. The highest BCUT2D eigenvalue weighted by Crippen LogP contribution is 2.29. The summed E-state index contributed by atoms with van der Waals surface area (Å²) in [6, 6.07) is 14.4. The Hall–Kier alpha value is -1.75. The second kappa shape index (κ2) is 5.80. The molecule has 0 radical (unpaired) electrons. The molecule has 112 valence electrons. The maximum Gasteiger partial charge on any atom is 0.276 e. The van der Waals surface area contributed by atoms with Crippen molar-refractivity contribution in [3.05, 3.63) is 48.5 Å². The third-order valence-electron chi connectivity index (χ3n) is 2.94. The number of alkyl halides is 3. The molecule has 4 nitrogen and oxygen atoms in total. The number of para-hydroxylation sites is 2. The van der Waals surface area contributed by atoms with Gasteiger partial charge >= 0.3 is 0 Å². The zero-order valence-electron chi connectivity index (χ0n) is 11.0. The molecule has 1 N–H and O–H groups in total. The van der Waals surface area contributed by atoms with Crippen molar-refractivity contribution in [3.63, 3.8) is 0 Å². The van der Waals surface area contributed by atoms with Gasteiger partial charge in [-0.25, -0.2) is 4.98 Å². The summed E-state index contributed by atoms with van der Waals surface area (Å²) < 4.78 is 3.67. The van der Waals surface area contributed by atoms with Crippen LogP contribution < -0.4 is 5.32 Å². The van der Waals surface area contributed by atoms with Gasteiger partial charge in [-0.05, 0) is 36.4 Å². The fraction of sp³-hybridized carbons (Fsp3) is 0.0667. The topological polar surface area (TPSA) is 55.1 Å². The van der Waals surface area contributed by atoms with Gasteiger partial charge in [-0.15, -0.1) is 0 Å². The molecule has 0 unspecified atom stereocenters. The van der Waals surface area contributed by atoms with Gasteiger partial charge in [0.2, 0.25) is 5.89 Å². The van der Waals surface area contributed by atoms with Crippen LogP contribution in [0.1, 0.15) is 0 Å². The van der Waals surface area contributed by atoms with Crippen LogP contribution in [0.5, 0.6) is 0 Å². The van der Waals surface area contributed by atoms with Crippen LogP contribution in [-0.4, -0.2) is 14.7 Å². The van der Waals surface area contributed by atoms with Gasteiger partial charge in [-0.1, -0.05) is 46.9 Å². The minimum Gasteiger partial charge on any atom is -0.436 e. The number of nitrogens with one attached hydrogen (secondary N) is 1. The van der Waals surface area contributed by atoms with Crippen molar-refractivity contribution >= 4 is 57.5 Å². The number of hydrogen-bond acceptors (Lipinski definition) is 3. The fourth-order valence-electron chi connectivity index (χ4n) is 1.89. The van der Waals surface area contributed by atoms with Crippen molar-refractivity contribution in [2.24, 2.45) is 0 Å². The summed E-state index contributed by atoms with van der Waals surface area (Å²) in [7, 11) is 0. The highest BCUT2D eigenvalue weighted by molar-refractivity contribution is 6.76. The number of fused-ring (bicyclic) bond motifs is 1. The van der Waals surface area contributed by atoms with Gasteiger partial charge in [0.05, 0.1) is 0 Å². The van der Waals surface area contributed by atoms with E-state index < -0.39 is 9.70 Å². The lowest BCUT2D eigenvalue weighted by atomic mass is 10.2. The number of carbonyl (C=O) groups excluding carboxylic acids is 1. The third-order valence-corrected chi connectivity index (χ3v) is 3.46. The van der Waals surface area contributed by atoms with Gasteiger partial charge in [0.15, 0.2) is 5.58 Å². The van der Waals surface area contributed by atoms with Crippen LogP contribution in [-0.2, 0) is 4.79 Å². The van der Waals surface area contributed by atoms with E-state index in [0.29, 0.717) is 17.2 Å². The molecule has 3 rings (SSSR count). The number of oxazole rings is 1. The van der Waals surface area contributed by atoms with Crippen LogP contribution >= 0.6 is 34.8 Å². The predicted molar refractivity (Wildman–Crippen MR) is 88.4 cm³/mol. The summed E-state index contributed by atoms with van der Waals surface area (Å²) in [4.78, 5) is 16.0. The first-order valence-electron chi connectivity index (χ1n) is 6.28. The monoisotopic (exact) mass is 354 g/mol. The number of rotatable bonds is 2. The number of hydrogen-bond donors (Lipinski definition) is 1. The first kappa shape index (κ1) is 15.2. The van der Waals surface area contributed by atoms with E-state index in [2.05, 4.69) is 10.3 Å². The molecule has 0 bridgehead atoms. The number of aromatic nitrogens is 1. The zero-order chi connectivity index (χ0) is 15.7. The maximum absolute atomic E-state index is 11.6. The van der Waals surface area contributed by atoms with E-state index in [4.69, 9.17) is 39.2 Å². The van der Waals surface area contributed by atoms with Gasteiger partial charge in [0, 0.05) is 11.3 Å². The van der Waals surface area contributed by atoms with Crippen LogP contribution in [0.4, 0.5) is 5.69 Å². The largest absolute Gasteiger partial charge is 0.436 e.